The molecule has 7 nitrogen and oxygen atoms in total. The summed E-state index contributed by atoms with van der Waals surface area (Å²) in [6.45, 7) is 7.40. The van der Waals surface area contributed by atoms with Crippen LogP contribution in [0.1, 0.15) is 67.1 Å². The van der Waals surface area contributed by atoms with Gasteiger partial charge in [0.05, 0.1) is 6.10 Å². The topological polar surface area (TPSA) is 89.0 Å². The minimum absolute atomic E-state index is 0.00674. The van der Waals surface area contributed by atoms with E-state index in [1.54, 1.807) is 0 Å². The Morgan fingerprint density at radius 3 is 2.35 bits per heavy atom. The predicted octanol–water partition coefficient (Wildman–Crippen LogP) is 3.38. The number of nitrogens with zero attached hydrogens (tertiary/aromatic N) is 1. The molecule has 0 bridgehead atoms. The predicted molar refractivity (Wildman–Crippen MR) is 108 cm³/mol. The number of aliphatic imine (C=N–C) groups is 1. The molecule has 2 atom stereocenters. The summed E-state index contributed by atoms with van der Waals surface area (Å²) in [4.78, 5) is 27.8. The van der Waals surface area contributed by atoms with Crippen molar-refractivity contribution in [1.29, 1.82) is 0 Å². The second-order valence-corrected chi connectivity index (χ2v) is 7.20. The van der Waals surface area contributed by atoms with Gasteiger partial charge < -0.3 is 19.7 Å². The molecule has 0 aliphatic carbocycles. The maximum Gasteiger partial charge on any atom is 0.228 e. The maximum atomic E-state index is 11.9. The second-order valence-electron chi connectivity index (χ2n) is 5.90. The fourth-order valence-electron chi connectivity index (χ4n) is 2.01. The molecular weight excluding hydrogens is 353 g/mol. The summed E-state index contributed by atoms with van der Waals surface area (Å²) < 4.78 is 18.3. The van der Waals surface area contributed by atoms with Gasteiger partial charge in [0.1, 0.15) is 0 Å². The number of carbonyl (C=O) groups excluding carboxylic acids is 2. The van der Waals surface area contributed by atoms with Crippen molar-refractivity contribution in [1.82, 2.24) is 10.6 Å². The molecular formula is C18H36N3O4P. The first-order valence-electron chi connectivity index (χ1n) is 10.1. The molecule has 0 aliphatic heterocycles. The fraction of sp³-hybridized carbons (Fsp3) is 0.833. The van der Waals surface area contributed by atoms with Crippen LogP contribution in [-0.2, 0) is 18.6 Å². The van der Waals surface area contributed by atoms with Crippen molar-refractivity contribution in [2.45, 2.75) is 71.8 Å². The third-order valence-corrected chi connectivity index (χ3v) is 4.45. The van der Waals surface area contributed by atoms with E-state index < -0.39 is 8.38 Å². The Bertz CT molecular complexity index is 401. The van der Waals surface area contributed by atoms with Gasteiger partial charge in [-0.2, -0.15) is 0 Å². The Morgan fingerprint density at radius 1 is 1.12 bits per heavy atom. The number of rotatable bonds is 16. The van der Waals surface area contributed by atoms with E-state index in [0.717, 1.165) is 19.3 Å². The minimum atomic E-state index is -1.20. The van der Waals surface area contributed by atoms with Crippen molar-refractivity contribution in [3.05, 3.63) is 0 Å². The number of carbonyl (C=O) groups is 2. The van der Waals surface area contributed by atoms with Gasteiger partial charge in [-0.15, -0.1) is 0 Å². The van der Waals surface area contributed by atoms with Crippen LogP contribution in [0.25, 0.3) is 0 Å². The molecule has 0 aromatic carbocycles. The van der Waals surface area contributed by atoms with Gasteiger partial charge in [0, 0.05) is 40.5 Å². The minimum Gasteiger partial charge on any atom is -0.437 e. The molecule has 152 valence electrons. The third-order valence-electron chi connectivity index (χ3n) is 3.47. The molecule has 8 heteroatoms. The van der Waals surface area contributed by atoms with E-state index in [1.807, 2.05) is 13.6 Å². The lowest BCUT2D eigenvalue weighted by Crippen LogP contribution is -2.40. The maximum absolute atomic E-state index is 11.9. The lowest BCUT2D eigenvalue weighted by Gasteiger charge is -2.21. The van der Waals surface area contributed by atoms with Gasteiger partial charge in [-0.1, -0.05) is 33.1 Å². The summed E-state index contributed by atoms with van der Waals surface area (Å²) in [6, 6.07) is 0. The molecule has 26 heavy (non-hydrogen) atoms. The van der Waals surface area contributed by atoms with Crippen LogP contribution in [0, 0.1) is 0 Å². The van der Waals surface area contributed by atoms with E-state index in [4.69, 9.17) is 10.4 Å². The molecule has 2 N–H and O–H groups in total. The quantitative estimate of drug-likeness (QED) is 0.183. The lowest BCUT2D eigenvalue weighted by atomic mass is 10.2. The highest BCUT2D eigenvalue weighted by Gasteiger charge is 2.17. The Morgan fingerprint density at radius 2 is 1.77 bits per heavy atom. The Hall–Kier alpha value is -1.20. The van der Waals surface area contributed by atoms with Crippen LogP contribution in [-0.4, -0.2) is 50.6 Å². The summed E-state index contributed by atoms with van der Waals surface area (Å²) in [7, 11) is -1.20. The van der Waals surface area contributed by atoms with Gasteiger partial charge in [-0.3, -0.25) is 14.6 Å². The molecule has 0 radical (unpaired) electrons. The van der Waals surface area contributed by atoms with Crippen molar-refractivity contribution < 1.29 is 20.0 Å². The summed E-state index contributed by atoms with van der Waals surface area (Å²) in [5.74, 6) is -0.0760. The molecule has 0 saturated carbocycles. The molecule has 2 amide bonds. The molecule has 0 spiro atoms. The van der Waals surface area contributed by atoms with E-state index in [9.17, 15) is 9.59 Å². The van der Waals surface area contributed by atoms with Gasteiger partial charge in [-0.05, 0) is 19.8 Å². The largest absolute Gasteiger partial charge is 0.437 e. The van der Waals surface area contributed by atoms with Crippen molar-refractivity contribution in [3.63, 3.8) is 0 Å². The van der Waals surface area contributed by atoms with Crippen LogP contribution in [0.3, 0.4) is 0 Å². The zero-order valence-electron chi connectivity index (χ0n) is 17.5. The molecule has 0 fully saturated rings. The normalized spacial score (nSPS) is 13.9. The number of hydrogen-bond donors (Lipinski definition) is 2. The van der Waals surface area contributed by atoms with Crippen LogP contribution in [0.5, 0.6) is 0 Å². The van der Waals surface area contributed by atoms with Crippen molar-refractivity contribution in [2.75, 3.05) is 26.3 Å². The molecule has 0 aromatic rings. The smallest absolute Gasteiger partial charge is 0.228 e. The van der Waals surface area contributed by atoms with Gasteiger partial charge >= 0.3 is 0 Å². The van der Waals surface area contributed by atoms with Crippen LogP contribution in [0.2, 0.25) is 0 Å². The van der Waals surface area contributed by atoms with E-state index in [2.05, 4.69) is 22.5 Å². The first-order chi connectivity index (χ1) is 13.0. The lowest BCUT2D eigenvalue weighted by molar-refractivity contribution is -0.121. The molecule has 2 unspecified atom stereocenters. The monoisotopic (exact) mass is 390 g/mol. The number of amides is 2. The molecule has 0 heterocycles. The Balaban J connectivity index is 4.40. The Kier molecular flexibility index (Phi) is 15.1. The van der Waals surface area contributed by atoms with E-state index >= 15 is 0 Å². The number of nitrogens with one attached hydrogen (secondary N) is 2. The molecule has 0 rings (SSSR count). The third kappa shape index (κ3) is 15.1. The van der Waals surface area contributed by atoms with E-state index in [0.29, 0.717) is 52.2 Å². The highest BCUT2D eigenvalue weighted by Crippen LogP contribution is 2.33. The van der Waals surface area contributed by atoms with Gasteiger partial charge in [0.2, 0.25) is 20.2 Å². The SMILES string of the molecule is [2H]CCCCC(=O)NCC(CNC(=O)CCCCC)OP(C)O/C=N/CC. The van der Waals surface area contributed by atoms with Gasteiger partial charge in [0.15, 0.2) is 6.40 Å². The molecule has 0 aliphatic rings. The first kappa shape index (κ1) is 22.8. The van der Waals surface area contributed by atoms with Gasteiger partial charge in [-0.25, -0.2) is 0 Å². The average Bonchev–Trinajstić information content (AvgIpc) is 2.64. The van der Waals surface area contributed by atoms with Crippen LogP contribution >= 0.6 is 8.38 Å². The first-order valence-corrected chi connectivity index (χ1v) is 11.0. The summed E-state index contributed by atoms with van der Waals surface area (Å²) in [6.07, 6.45) is 6.30. The molecule has 0 saturated heterocycles. The number of unbranched alkanes of at least 4 members (excludes halogenated alkanes) is 3. The van der Waals surface area contributed by atoms with Crippen LogP contribution in [0.15, 0.2) is 4.99 Å². The van der Waals surface area contributed by atoms with Crippen molar-refractivity contribution in [3.8, 4) is 0 Å². The number of hydrogen-bond acceptors (Lipinski definition) is 5. The van der Waals surface area contributed by atoms with Gasteiger partial charge in [0.25, 0.3) is 0 Å². The zero-order valence-corrected chi connectivity index (χ0v) is 17.4. The van der Waals surface area contributed by atoms with E-state index in [-0.39, 0.29) is 17.9 Å². The fourth-order valence-corrected chi connectivity index (χ4v) is 2.83. The standard InChI is InChI=1S/C18H36N3O4P/c1-5-8-10-12-18(23)21-14-16(13-20-17(22)11-9-6-2)25-26(4)24-15-19-7-3/h15-16H,5-14H2,1-4H3,(H,20,22)(H,21,23)/b19-15+/i2D. The van der Waals surface area contributed by atoms with Crippen LogP contribution in [0.4, 0.5) is 0 Å². The van der Waals surface area contributed by atoms with Crippen molar-refractivity contribution in [2.24, 2.45) is 4.99 Å². The van der Waals surface area contributed by atoms with E-state index in [1.165, 1.54) is 6.40 Å². The highest BCUT2D eigenvalue weighted by molar-refractivity contribution is 7.46. The summed E-state index contributed by atoms with van der Waals surface area (Å²) in [5, 5.41) is 5.71. The summed E-state index contributed by atoms with van der Waals surface area (Å²) in [5.41, 5.74) is 0. The highest BCUT2D eigenvalue weighted by atomic mass is 31.2. The molecule has 0 aromatic heterocycles. The average molecular weight is 390 g/mol. The van der Waals surface area contributed by atoms with Crippen LogP contribution < -0.4 is 10.6 Å². The zero-order chi connectivity index (χ0) is 20.3. The van der Waals surface area contributed by atoms with Crippen molar-refractivity contribution >= 4 is 26.6 Å². The Labute approximate surface area is 161 Å². The second kappa shape index (κ2) is 17.2. The summed E-state index contributed by atoms with van der Waals surface area (Å²) >= 11 is 0.